The fourth-order valence-corrected chi connectivity index (χ4v) is 2.60. The molecular weight excluding hydrogens is 332 g/mol. The minimum absolute atomic E-state index is 0.254. The van der Waals surface area contributed by atoms with Crippen LogP contribution in [0.1, 0.15) is 37.0 Å². The summed E-state index contributed by atoms with van der Waals surface area (Å²) in [5, 5.41) is 13.2. The number of nitrogens with zero attached hydrogens (tertiary/aromatic N) is 4. The summed E-state index contributed by atoms with van der Waals surface area (Å²) in [7, 11) is 0. The smallest absolute Gasteiger partial charge is 0.319 e. The van der Waals surface area contributed by atoms with Gasteiger partial charge < -0.3 is 20.2 Å². The molecule has 0 spiro atoms. The Morgan fingerprint density at radius 2 is 2.24 bits per heavy atom. The number of hydrogen-bond acceptors (Lipinski definition) is 4. The summed E-state index contributed by atoms with van der Waals surface area (Å²) in [5.74, 6) is 0.305. The maximum Gasteiger partial charge on any atom is 0.319 e. The van der Waals surface area contributed by atoms with E-state index in [2.05, 4.69) is 30.8 Å². The molecule has 0 unspecified atom stereocenters. The van der Waals surface area contributed by atoms with Crippen LogP contribution in [0, 0.1) is 0 Å². The van der Waals surface area contributed by atoms with E-state index in [0.29, 0.717) is 28.6 Å². The number of nitrogens with one attached hydrogen (secondary N) is 3. The second kappa shape index (κ2) is 6.11. The molecule has 8 nitrogen and oxygen atoms in total. The van der Waals surface area contributed by atoms with E-state index in [1.54, 1.807) is 24.5 Å². The first kappa shape index (κ1) is 15.5. The van der Waals surface area contributed by atoms with Crippen LogP contribution in [-0.2, 0) is 6.54 Å². The molecule has 2 heterocycles. The first-order chi connectivity index (χ1) is 12.1. The summed E-state index contributed by atoms with van der Waals surface area (Å²) in [6.07, 6.45) is 1.19. The highest BCUT2D eigenvalue weighted by atomic mass is 19.3. The van der Waals surface area contributed by atoms with Gasteiger partial charge in [0.25, 0.3) is 6.43 Å². The highest BCUT2D eigenvalue weighted by Gasteiger charge is 2.26. The van der Waals surface area contributed by atoms with Crippen molar-refractivity contribution in [3.05, 3.63) is 36.2 Å². The van der Waals surface area contributed by atoms with E-state index in [1.807, 2.05) is 4.57 Å². The number of aromatic nitrogens is 5. The van der Waals surface area contributed by atoms with E-state index < -0.39 is 18.3 Å². The molecule has 10 heteroatoms. The monoisotopic (exact) mass is 347 g/mol. The van der Waals surface area contributed by atoms with Gasteiger partial charge in [-0.25, -0.2) is 18.6 Å². The van der Waals surface area contributed by atoms with Crippen LogP contribution in [0.15, 0.2) is 24.5 Å². The number of carbonyl (C=O) groups excluding carboxylic acids is 1. The molecular formula is C15H15F2N7O. The Morgan fingerprint density at radius 3 is 3.00 bits per heavy atom. The number of H-pyrrole nitrogens is 1. The molecule has 4 rings (SSSR count). The second-order valence-corrected chi connectivity index (χ2v) is 5.85. The summed E-state index contributed by atoms with van der Waals surface area (Å²) in [6.45, 7) is 0.254. The van der Waals surface area contributed by atoms with Gasteiger partial charge in [0.1, 0.15) is 6.33 Å². The molecule has 2 aromatic heterocycles. The van der Waals surface area contributed by atoms with Crippen LogP contribution < -0.4 is 10.6 Å². The number of alkyl halides is 2. The molecule has 0 atom stereocenters. The van der Waals surface area contributed by atoms with Gasteiger partial charge in [0.05, 0.1) is 17.6 Å². The van der Waals surface area contributed by atoms with Gasteiger partial charge in [0.15, 0.2) is 11.6 Å². The molecule has 3 aromatic rings. The zero-order valence-electron chi connectivity index (χ0n) is 13.0. The molecule has 0 radical (unpaired) electrons. The number of imidazole rings is 1. The molecule has 0 saturated heterocycles. The minimum atomic E-state index is -2.67. The molecule has 25 heavy (non-hydrogen) atoms. The lowest BCUT2D eigenvalue weighted by atomic mass is 10.3. The average molecular weight is 347 g/mol. The zero-order valence-corrected chi connectivity index (χ0v) is 13.0. The number of anilines is 1. The molecule has 1 aromatic carbocycles. The van der Waals surface area contributed by atoms with E-state index in [9.17, 15) is 13.6 Å². The van der Waals surface area contributed by atoms with Crippen LogP contribution in [0.2, 0.25) is 0 Å². The molecule has 1 fully saturated rings. The van der Waals surface area contributed by atoms with Crippen LogP contribution in [0.4, 0.5) is 19.3 Å². The molecule has 1 saturated carbocycles. The Labute approximate surface area is 140 Å². The van der Waals surface area contributed by atoms with Crippen LogP contribution in [-0.4, -0.2) is 30.8 Å². The van der Waals surface area contributed by atoms with Crippen molar-refractivity contribution in [2.45, 2.75) is 31.9 Å². The predicted molar refractivity (Wildman–Crippen MR) is 85.2 cm³/mol. The lowest BCUT2D eigenvalue weighted by Gasteiger charge is -2.08. The summed E-state index contributed by atoms with van der Waals surface area (Å²) >= 11 is 0. The van der Waals surface area contributed by atoms with Crippen molar-refractivity contribution >= 4 is 22.8 Å². The molecule has 0 bridgehead atoms. The number of hydrogen-bond donors (Lipinski definition) is 3. The van der Waals surface area contributed by atoms with E-state index in [-0.39, 0.29) is 6.54 Å². The van der Waals surface area contributed by atoms with Gasteiger partial charge in [-0.05, 0) is 31.0 Å². The Hall–Kier alpha value is -3.04. The third kappa shape index (κ3) is 3.28. The van der Waals surface area contributed by atoms with E-state index in [1.165, 1.54) is 0 Å². The summed E-state index contributed by atoms with van der Waals surface area (Å²) in [4.78, 5) is 18.3. The quantitative estimate of drug-likeness (QED) is 0.660. The molecule has 2 amide bonds. The van der Waals surface area contributed by atoms with Gasteiger partial charge in [-0.2, -0.15) is 0 Å². The van der Waals surface area contributed by atoms with Crippen molar-refractivity contribution in [3.8, 4) is 0 Å². The van der Waals surface area contributed by atoms with Gasteiger partial charge in [-0.3, -0.25) is 0 Å². The second-order valence-electron chi connectivity index (χ2n) is 5.85. The first-order valence-electron chi connectivity index (χ1n) is 7.81. The fraction of sp³-hybridized carbons (Fsp3) is 0.333. The molecule has 1 aliphatic carbocycles. The normalized spacial score (nSPS) is 14.2. The molecule has 3 N–H and O–H groups in total. The van der Waals surface area contributed by atoms with Crippen LogP contribution in [0.25, 0.3) is 11.0 Å². The van der Waals surface area contributed by atoms with Crippen molar-refractivity contribution in [2.75, 3.05) is 5.32 Å². The zero-order chi connectivity index (χ0) is 17.4. The third-order valence-electron chi connectivity index (χ3n) is 3.96. The van der Waals surface area contributed by atoms with Crippen LogP contribution >= 0.6 is 0 Å². The molecule has 0 aliphatic heterocycles. The Bertz CT molecular complexity index is 916. The van der Waals surface area contributed by atoms with Crippen LogP contribution in [0.5, 0.6) is 0 Å². The Morgan fingerprint density at radius 1 is 1.40 bits per heavy atom. The largest absolute Gasteiger partial charge is 0.337 e. The van der Waals surface area contributed by atoms with E-state index in [0.717, 1.165) is 12.8 Å². The Kier molecular flexibility index (Phi) is 3.79. The topological polar surface area (TPSA) is 101 Å². The van der Waals surface area contributed by atoms with Crippen molar-refractivity contribution in [2.24, 2.45) is 0 Å². The number of urea groups is 1. The summed E-state index contributed by atoms with van der Waals surface area (Å²) in [6, 6.07) is 4.74. The van der Waals surface area contributed by atoms with Gasteiger partial charge in [-0.1, -0.05) is 0 Å². The van der Waals surface area contributed by atoms with Crippen LogP contribution in [0.3, 0.4) is 0 Å². The number of aromatic amines is 1. The van der Waals surface area contributed by atoms with Gasteiger partial charge in [0.2, 0.25) is 0 Å². The molecule has 1 aliphatic rings. The first-order valence-corrected chi connectivity index (χ1v) is 7.81. The highest BCUT2D eigenvalue weighted by Crippen LogP contribution is 2.35. The van der Waals surface area contributed by atoms with Crippen molar-refractivity contribution < 1.29 is 13.6 Å². The number of benzene rings is 1. The summed E-state index contributed by atoms with van der Waals surface area (Å²) < 4.78 is 27.3. The van der Waals surface area contributed by atoms with Gasteiger partial charge in [-0.15, -0.1) is 10.2 Å². The van der Waals surface area contributed by atoms with Crippen molar-refractivity contribution in [3.63, 3.8) is 0 Å². The summed E-state index contributed by atoms with van der Waals surface area (Å²) in [5.41, 5.74) is 1.32. The maximum absolute atomic E-state index is 12.7. The third-order valence-corrected chi connectivity index (χ3v) is 3.96. The molecule has 130 valence electrons. The SMILES string of the molecule is O=C(NCc1nncn1C1CC1)Nc1ccc2nc(C(F)F)[nH]c2c1. The minimum Gasteiger partial charge on any atom is -0.337 e. The number of carbonyl (C=O) groups is 1. The Balaban J connectivity index is 1.40. The highest BCUT2D eigenvalue weighted by molar-refractivity contribution is 5.91. The van der Waals surface area contributed by atoms with Crippen molar-refractivity contribution in [1.82, 2.24) is 30.0 Å². The van der Waals surface area contributed by atoms with Crippen molar-refractivity contribution in [1.29, 1.82) is 0 Å². The van der Waals surface area contributed by atoms with Gasteiger partial charge in [0, 0.05) is 11.7 Å². The standard InChI is InChI=1S/C15H15F2N7O/c16-13(17)14-21-10-4-1-8(5-11(10)22-14)20-15(25)18-6-12-23-19-7-24(12)9-2-3-9/h1,4-5,7,9,13H,2-3,6H2,(H,21,22)(H2,18,20,25). The number of rotatable bonds is 5. The lowest BCUT2D eigenvalue weighted by Crippen LogP contribution is -2.29. The van der Waals surface area contributed by atoms with E-state index in [4.69, 9.17) is 0 Å². The number of amides is 2. The average Bonchev–Trinajstić information content (AvgIpc) is 3.16. The fourth-order valence-electron chi connectivity index (χ4n) is 2.60. The number of halogens is 2. The maximum atomic E-state index is 12.7. The van der Waals surface area contributed by atoms with E-state index >= 15 is 0 Å². The lowest BCUT2D eigenvalue weighted by molar-refractivity contribution is 0.142. The van der Waals surface area contributed by atoms with Gasteiger partial charge >= 0.3 is 6.03 Å². The predicted octanol–water partition coefficient (Wildman–Crippen LogP) is 2.75. The number of fused-ring (bicyclic) bond motifs is 1.